The average Bonchev–Trinajstić information content (AvgIpc) is 3.36. The van der Waals surface area contributed by atoms with E-state index in [1.807, 2.05) is 9.80 Å². The van der Waals surface area contributed by atoms with Gasteiger partial charge in [-0.25, -0.2) is 9.37 Å². The standard InChI is InChI=1S/C28H26Cl2FN3O4/c1-37-24-8-7-22(30)21(27(24)31)14-26(35)34-13-10-18-16-33(12-11-23(18)34)28(36)17-2-5-20(6-3-17)38-25-9-4-19(29)15-32-25/h2-9,15,18,23H,10-14,16H2,1H3/t18-,23-/m0/s1. The van der Waals surface area contributed by atoms with Gasteiger partial charge in [0, 0.05) is 54.1 Å². The van der Waals surface area contributed by atoms with Gasteiger partial charge in [-0.3, -0.25) is 9.59 Å². The van der Waals surface area contributed by atoms with Crippen molar-refractivity contribution in [2.45, 2.75) is 25.3 Å². The van der Waals surface area contributed by atoms with Crippen molar-refractivity contribution in [2.24, 2.45) is 5.92 Å². The van der Waals surface area contributed by atoms with Gasteiger partial charge in [0.2, 0.25) is 11.8 Å². The Kier molecular flexibility index (Phi) is 7.72. The lowest BCUT2D eigenvalue weighted by Gasteiger charge is -2.38. The highest BCUT2D eigenvalue weighted by Crippen LogP contribution is 2.34. The predicted molar refractivity (Wildman–Crippen MR) is 142 cm³/mol. The van der Waals surface area contributed by atoms with E-state index in [0.717, 1.165) is 6.42 Å². The highest BCUT2D eigenvalue weighted by atomic mass is 35.5. The number of carbonyl (C=O) groups is 2. The lowest BCUT2D eigenvalue weighted by atomic mass is 9.92. The molecule has 1 aromatic heterocycles. The molecule has 0 unspecified atom stereocenters. The van der Waals surface area contributed by atoms with Crippen LogP contribution in [0, 0.1) is 11.7 Å². The molecule has 2 saturated heterocycles. The first kappa shape index (κ1) is 26.3. The number of pyridine rings is 1. The van der Waals surface area contributed by atoms with Gasteiger partial charge in [-0.15, -0.1) is 0 Å². The Bertz CT molecular complexity index is 1340. The van der Waals surface area contributed by atoms with Crippen LogP contribution in [0.1, 0.15) is 28.8 Å². The van der Waals surface area contributed by atoms with Gasteiger partial charge in [0.25, 0.3) is 5.91 Å². The second kappa shape index (κ2) is 11.2. The Morgan fingerprint density at radius 1 is 1.05 bits per heavy atom. The van der Waals surface area contributed by atoms with Crippen molar-refractivity contribution >= 4 is 35.0 Å². The van der Waals surface area contributed by atoms with Crippen LogP contribution in [-0.2, 0) is 11.2 Å². The minimum absolute atomic E-state index is 0.0154. The van der Waals surface area contributed by atoms with E-state index in [1.165, 1.54) is 25.4 Å². The first-order valence-electron chi connectivity index (χ1n) is 12.3. The molecule has 2 aliphatic heterocycles. The SMILES string of the molecule is COc1ccc(Cl)c(CC(=O)N2CC[C@H]3CN(C(=O)c4ccc(Oc5ccc(Cl)cn5)cc4)CC[C@@H]32)c1F. The number of nitrogens with zero attached hydrogens (tertiary/aromatic N) is 3. The Morgan fingerprint density at radius 3 is 2.55 bits per heavy atom. The van der Waals surface area contributed by atoms with Gasteiger partial charge in [-0.2, -0.15) is 0 Å². The van der Waals surface area contributed by atoms with E-state index in [4.69, 9.17) is 32.7 Å². The molecule has 2 aromatic carbocycles. The number of hydrogen-bond acceptors (Lipinski definition) is 5. The molecule has 5 rings (SSSR count). The smallest absolute Gasteiger partial charge is 0.253 e. The summed E-state index contributed by atoms with van der Waals surface area (Å²) in [6, 6.07) is 13.3. The fourth-order valence-corrected chi connectivity index (χ4v) is 5.54. The summed E-state index contributed by atoms with van der Waals surface area (Å²) in [6.07, 6.45) is 2.82. The van der Waals surface area contributed by atoms with E-state index in [1.54, 1.807) is 36.4 Å². The number of likely N-dealkylation sites (tertiary alicyclic amines) is 2. The van der Waals surface area contributed by atoms with Crippen LogP contribution in [0.4, 0.5) is 4.39 Å². The topological polar surface area (TPSA) is 72.0 Å². The van der Waals surface area contributed by atoms with Gasteiger partial charge in [0.05, 0.1) is 18.6 Å². The number of amides is 2. The molecular formula is C28H26Cl2FN3O4. The first-order chi connectivity index (χ1) is 18.3. The normalized spacial score (nSPS) is 18.7. The molecule has 2 atom stereocenters. The maximum absolute atomic E-state index is 14.7. The van der Waals surface area contributed by atoms with Crippen molar-refractivity contribution in [3.8, 4) is 17.4 Å². The minimum atomic E-state index is -0.606. The van der Waals surface area contributed by atoms with Gasteiger partial charge < -0.3 is 19.3 Å². The van der Waals surface area contributed by atoms with Crippen molar-refractivity contribution < 1.29 is 23.5 Å². The van der Waals surface area contributed by atoms with Crippen LogP contribution in [0.2, 0.25) is 10.0 Å². The second-order valence-electron chi connectivity index (χ2n) is 9.40. The Morgan fingerprint density at radius 2 is 1.84 bits per heavy atom. The molecule has 2 aliphatic rings. The quantitative estimate of drug-likeness (QED) is 0.392. The number of ether oxygens (including phenoxy) is 2. The van der Waals surface area contributed by atoms with Crippen LogP contribution in [0.15, 0.2) is 54.7 Å². The zero-order valence-corrected chi connectivity index (χ0v) is 22.2. The van der Waals surface area contributed by atoms with Gasteiger partial charge in [-0.1, -0.05) is 23.2 Å². The maximum Gasteiger partial charge on any atom is 0.253 e. The molecule has 2 amide bonds. The number of rotatable bonds is 6. The summed E-state index contributed by atoms with van der Waals surface area (Å²) in [5.74, 6) is 0.363. The number of hydrogen-bond donors (Lipinski definition) is 0. The zero-order valence-electron chi connectivity index (χ0n) is 20.7. The predicted octanol–water partition coefficient (Wildman–Crippen LogP) is 5.63. The van der Waals surface area contributed by atoms with Crippen LogP contribution in [-0.4, -0.2) is 59.4 Å². The fraction of sp³-hybridized carbons (Fsp3) is 0.321. The number of methoxy groups -OCH3 is 1. The molecular weight excluding hydrogens is 532 g/mol. The van der Waals surface area contributed by atoms with Crippen LogP contribution in [0.5, 0.6) is 17.4 Å². The molecule has 0 N–H and O–H groups in total. The molecule has 7 nitrogen and oxygen atoms in total. The highest BCUT2D eigenvalue weighted by Gasteiger charge is 2.41. The molecule has 0 aliphatic carbocycles. The monoisotopic (exact) mass is 557 g/mol. The fourth-order valence-electron chi connectivity index (χ4n) is 5.22. The summed E-state index contributed by atoms with van der Waals surface area (Å²) in [5, 5.41) is 0.723. The average molecular weight is 558 g/mol. The summed E-state index contributed by atoms with van der Waals surface area (Å²) >= 11 is 12.0. The molecule has 0 spiro atoms. The minimum Gasteiger partial charge on any atom is -0.494 e. The summed E-state index contributed by atoms with van der Waals surface area (Å²) in [5.41, 5.74) is 0.709. The molecule has 0 saturated carbocycles. The number of carbonyl (C=O) groups excluding carboxylic acids is 2. The highest BCUT2D eigenvalue weighted by molar-refractivity contribution is 6.31. The van der Waals surface area contributed by atoms with E-state index in [9.17, 15) is 14.0 Å². The van der Waals surface area contributed by atoms with Gasteiger partial charge in [0.1, 0.15) is 5.75 Å². The lowest BCUT2D eigenvalue weighted by Crippen LogP contribution is -2.49. The van der Waals surface area contributed by atoms with Crippen LogP contribution >= 0.6 is 23.2 Å². The van der Waals surface area contributed by atoms with E-state index in [2.05, 4.69) is 4.98 Å². The lowest BCUT2D eigenvalue weighted by molar-refractivity contribution is -0.132. The Hall–Kier alpha value is -3.36. The molecule has 38 heavy (non-hydrogen) atoms. The zero-order chi connectivity index (χ0) is 26.8. The van der Waals surface area contributed by atoms with Gasteiger partial charge in [0.15, 0.2) is 11.6 Å². The largest absolute Gasteiger partial charge is 0.494 e. The van der Waals surface area contributed by atoms with E-state index in [-0.39, 0.29) is 46.5 Å². The summed E-state index contributed by atoms with van der Waals surface area (Å²) in [7, 11) is 1.37. The van der Waals surface area contributed by atoms with Crippen molar-refractivity contribution in [2.75, 3.05) is 26.7 Å². The number of piperidine rings is 1. The van der Waals surface area contributed by atoms with E-state index < -0.39 is 5.82 Å². The number of fused-ring (bicyclic) bond motifs is 1. The van der Waals surface area contributed by atoms with E-state index in [0.29, 0.717) is 48.3 Å². The summed E-state index contributed by atoms with van der Waals surface area (Å²) in [6.45, 7) is 1.67. The van der Waals surface area contributed by atoms with E-state index >= 15 is 0 Å². The van der Waals surface area contributed by atoms with Crippen LogP contribution in [0.25, 0.3) is 0 Å². The van der Waals surface area contributed by atoms with Gasteiger partial charge in [-0.05, 0) is 61.2 Å². The third kappa shape index (κ3) is 5.42. The van der Waals surface area contributed by atoms with Gasteiger partial charge >= 0.3 is 0 Å². The third-order valence-electron chi connectivity index (χ3n) is 7.16. The van der Waals surface area contributed by atoms with Crippen molar-refractivity contribution in [3.63, 3.8) is 0 Å². The molecule has 10 heteroatoms. The molecule has 198 valence electrons. The number of benzene rings is 2. The molecule has 0 radical (unpaired) electrons. The van der Waals surface area contributed by atoms with Crippen LogP contribution < -0.4 is 9.47 Å². The van der Waals surface area contributed by atoms with Crippen molar-refractivity contribution in [1.82, 2.24) is 14.8 Å². The molecule has 3 aromatic rings. The third-order valence-corrected chi connectivity index (χ3v) is 7.74. The number of aromatic nitrogens is 1. The summed E-state index contributed by atoms with van der Waals surface area (Å²) in [4.78, 5) is 34.1. The molecule has 0 bridgehead atoms. The second-order valence-corrected chi connectivity index (χ2v) is 10.2. The maximum atomic E-state index is 14.7. The summed E-state index contributed by atoms with van der Waals surface area (Å²) < 4.78 is 25.5. The first-order valence-corrected chi connectivity index (χ1v) is 13.1. The Balaban J connectivity index is 1.19. The van der Waals surface area contributed by atoms with Crippen molar-refractivity contribution in [3.05, 3.63) is 81.7 Å². The molecule has 3 heterocycles. The number of halogens is 3. The van der Waals surface area contributed by atoms with Crippen molar-refractivity contribution in [1.29, 1.82) is 0 Å². The van der Waals surface area contributed by atoms with Crippen LogP contribution in [0.3, 0.4) is 0 Å². The molecule has 2 fully saturated rings. The Labute approximate surface area is 230 Å².